The molecule has 1 aromatic carbocycles. The van der Waals surface area contributed by atoms with E-state index in [2.05, 4.69) is 9.82 Å². The molecule has 0 bridgehead atoms. The zero-order valence-corrected chi connectivity index (χ0v) is 15.5. The van der Waals surface area contributed by atoms with Crippen LogP contribution in [0, 0.1) is 0 Å². The number of fused-ring (bicyclic) bond motifs is 1. The third-order valence-electron chi connectivity index (χ3n) is 5.13. The van der Waals surface area contributed by atoms with Gasteiger partial charge >= 0.3 is 0 Å². The first-order chi connectivity index (χ1) is 12.5. The van der Waals surface area contributed by atoms with Gasteiger partial charge in [0, 0.05) is 18.5 Å². The lowest BCUT2D eigenvalue weighted by Gasteiger charge is -2.16. The van der Waals surface area contributed by atoms with Crippen molar-refractivity contribution in [3.05, 3.63) is 57.5 Å². The van der Waals surface area contributed by atoms with Crippen LogP contribution in [0.5, 0.6) is 0 Å². The number of rotatable bonds is 6. The van der Waals surface area contributed by atoms with Gasteiger partial charge in [-0.25, -0.2) is 17.8 Å². The molecule has 1 N–H and O–H groups in total. The Morgan fingerprint density at radius 1 is 1.08 bits per heavy atom. The highest BCUT2D eigenvalue weighted by molar-refractivity contribution is 7.89. The Morgan fingerprint density at radius 3 is 2.62 bits per heavy atom. The van der Waals surface area contributed by atoms with Crippen LogP contribution in [0.3, 0.4) is 0 Å². The van der Waals surface area contributed by atoms with E-state index in [0.29, 0.717) is 10.8 Å². The maximum atomic E-state index is 12.6. The molecule has 0 atom stereocenters. The minimum absolute atomic E-state index is 0.139. The van der Waals surface area contributed by atoms with Gasteiger partial charge in [-0.3, -0.25) is 4.79 Å². The number of sulfonamides is 1. The SMILES string of the molecule is O=c1ccc(C2CC2)nn1CCNS(=O)(=O)c1ccc2c(c1)CCCC2. The van der Waals surface area contributed by atoms with E-state index in [0.717, 1.165) is 43.4 Å². The van der Waals surface area contributed by atoms with Crippen molar-refractivity contribution >= 4 is 10.0 Å². The van der Waals surface area contributed by atoms with Gasteiger partial charge < -0.3 is 0 Å². The highest BCUT2D eigenvalue weighted by atomic mass is 32.2. The number of hydrogen-bond acceptors (Lipinski definition) is 4. The van der Waals surface area contributed by atoms with Crippen molar-refractivity contribution in [1.82, 2.24) is 14.5 Å². The average Bonchev–Trinajstić information content (AvgIpc) is 3.48. The Kier molecular flexibility index (Phi) is 4.67. The summed E-state index contributed by atoms with van der Waals surface area (Å²) in [5.74, 6) is 0.453. The first kappa shape index (κ1) is 17.4. The number of hydrogen-bond donors (Lipinski definition) is 1. The van der Waals surface area contributed by atoms with E-state index in [1.54, 1.807) is 18.2 Å². The highest BCUT2D eigenvalue weighted by Gasteiger charge is 2.25. The number of aromatic nitrogens is 2. The van der Waals surface area contributed by atoms with Crippen LogP contribution in [0.1, 0.15) is 48.4 Å². The van der Waals surface area contributed by atoms with Crippen LogP contribution in [0.4, 0.5) is 0 Å². The number of nitrogens with one attached hydrogen (secondary N) is 1. The Morgan fingerprint density at radius 2 is 1.85 bits per heavy atom. The topological polar surface area (TPSA) is 81.1 Å². The smallest absolute Gasteiger partial charge is 0.266 e. The van der Waals surface area contributed by atoms with Gasteiger partial charge in [0.1, 0.15) is 0 Å². The van der Waals surface area contributed by atoms with Crippen LogP contribution in [-0.4, -0.2) is 24.7 Å². The summed E-state index contributed by atoms with van der Waals surface area (Å²) >= 11 is 0. The van der Waals surface area contributed by atoms with E-state index >= 15 is 0 Å². The second-order valence-electron chi connectivity index (χ2n) is 7.13. The molecule has 2 aromatic rings. The third kappa shape index (κ3) is 3.73. The quantitative estimate of drug-likeness (QED) is 0.839. The number of nitrogens with zero attached hydrogens (tertiary/aromatic N) is 2. The molecular formula is C19H23N3O3S. The van der Waals surface area contributed by atoms with Crippen molar-refractivity contribution in [3.8, 4) is 0 Å². The van der Waals surface area contributed by atoms with E-state index in [4.69, 9.17) is 0 Å². The van der Waals surface area contributed by atoms with Gasteiger partial charge in [0.05, 0.1) is 17.1 Å². The van der Waals surface area contributed by atoms with E-state index in [9.17, 15) is 13.2 Å². The molecule has 6 nitrogen and oxygen atoms in total. The van der Waals surface area contributed by atoms with Gasteiger partial charge in [-0.2, -0.15) is 5.10 Å². The Bertz CT molecular complexity index is 978. The Balaban J connectivity index is 1.44. The molecule has 1 fully saturated rings. The van der Waals surface area contributed by atoms with Crippen LogP contribution in [0.2, 0.25) is 0 Å². The predicted molar refractivity (Wildman–Crippen MR) is 98.7 cm³/mol. The second-order valence-corrected chi connectivity index (χ2v) is 8.90. The maximum absolute atomic E-state index is 12.6. The summed E-state index contributed by atoms with van der Waals surface area (Å²) in [5.41, 5.74) is 3.10. The maximum Gasteiger partial charge on any atom is 0.266 e. The van der Waals surface area contributed by atoms with E-state index in [-0.39, 0.29) is 18.6 Å². The molecule has 0 saturated heterocycles. The van der Waals surface area contributed by atoms with E-state index < -0.39 is 10.0 Å². The van der Waals surface area contributed by atoms with Gasteiger partial charge in [0.15, 0.2) is 0 Å². The molecule has 26 heavy (non-hydrogen) atoms. The second kappa shape index (κ2) is 6.96. The largest absolute Gasteiger partial charge is 0.268 e. The van der Waals surface area contributed by atoms with Crippen LogP contribution in [0.15, 0.2) is 40.0 Å². The molecule has 0 unspecified atom stereocenters. The lowest BCUT2D eigenvalue weighted by atomic mass is 9.92. The molecule has 1 saturated carbocycles. The van der Waals surface area contributed by atoms with Crippen molar-refractivity contribution in [2.24, 2.45) is 0 Å². The van der Waals surface area contributed by atoms with Crippen LogP contribution < -0.4 is 10.3 Å². The third-order valence-corrected chi connectivity index (χ3v) is 6.59. The molecule has 7 heteroatoms. The minimum atomic E-state index is -3.58. The van der Waals surface area contributed by atoms with Crippen molar-refractivity contribution < 1.29 is 8.42 Å². The fraction of sp³-hybridized carbons (Fsp3) is 0.474. The van der Waals surface area contributed by atoms with Gasteiger partial charge in [0.2, 0.25) is 10.0 Å². The molecule has 2 aliphatic rings. The van der Waals surface area contributed by atoms with E-state index in [1.165, 1.54) is 22.7 Å². The molecule has 138 valence electrons. The van der Waals surface area contributed by atoms with Gasteiger partial charge in [0.25, 0.3) is 5.56 Å². The molecular weight excluding hydrogens is 350 g/mol. The summed E-state index contributed by atoms with van der Waals surface area (Å²) in [4.78, 5) is 12.2. The lowest BCUT2D eigenvalue weighted by molar-refractivity contribution is 0.540. The summed E-state index contributed by atoms with van der Waals surface area (Å²) in [6, 6.07) is 8.67. The normalized spacial score (nSPS) is 17.1. The first-order valence-electron chi connectivity index (χ1n) is 9.22. The average molecular weight is 373 g/mol. The summed E-state index contributed by atoms with van der Waals surface area (Å²) in [6.45, 7) is 0.365. The fourth-order valence-electron chi connectivity index (χ4n) is 3.47. The zero-order valence-electron chi connectivity index (χ0n) is 14.6. The van der Waals surface area contributed by atoms with Gasteiger partial charge in [-0.15, -0.1) is 0 Å². The van der Waals surface area contributed by atoms with Crippen LogP contribution in [0.25, 0.3) is 0 Å². The summed E-state index contributed by atoms with van der Waals surface area (Å²) in [7, 11) is -3.58. The molecule has 1 heterocycles. The van der Waals surface area contributed by atoms with Crippen molar-refractivity contribution in [2.75, 3.05) is 6.54 Å². The molecule has 0 radical (unpaired) electrons. The fourth-order valence-corrected chi connectivity index (χ4v) is 4.54. The molecule has 2 aliphatic carbocycles. The van der Waals surface area contributed by atoms with Crippen molar-refractivity contribution in [1.29, 1.82) is 0 Å². The monoisotopic (exact) mass is 373 g/mol. The number of benzene rings is 1. The lowest BCUT2D eigenvalue weighted by Crippen LogP contribution is -2.32. The zero-order chi connectivity index (χ0) is 18.1. The van der Waals surface area contributed by atoms with E-state index in [1.807, 2.05) is 6.07 Å². The summed E-state index contributed by atoms with van der Waals surface area (Å²) in [5, 5.41) is 4.35. The predicted octanol–water partition coefficient (Wildman–Crippen LogP) is 1.98. The molecule has 1 aromatic heterocycles. The molecule has 0 amide bonds. The van der Waals surface area contributed by atoms with Crippen molar-refractivity contribution in [3.63, 3.8) is 0 Å². The Labute approximate surface area is 153 Å². The van der Waals surface area contributed by atoms with Gasteiger partial charge in [-0.05, 0) is 67.9 Å². The minimum Gasteiger partial charge on any atom is -0.268 e. The summed E-state index contributed by atoms with van der Waals surface area (Å²) < 4.78 is 29.1. The summed E-state index contributed by atoms with van der Waals surface area (Å²) in [6.07, 6.45) is 6.45. The van der Waals surface area contributed by atoms with Crippen molar-refractivity contribution in [2.45, 2.75) is 55.9 Å². The molecule has 0 spiro atoms. The number of aryl methyl sites for hydroxylation is 2. The highest BCUT2D eigenvalue weighted by Crippen LogP contribution is 2.38. The van der Waals surface area contributed by atoms with Gasteiger partial charge in [-0.1, -0.05) is 6.07 Å². The Hall–Kier alpha value is -1.99. The van der Waals surface area contributed by atoms with Crippen LogP contribution in [-0.2, 0) is 29.4 Å². The first-order valence-corrected chi connectivity index (χ1v) is 10.7. The molecule has 0 aliphatic heterocycles. The van der Waals surface area contributed by atoms with Crippen LogP contribution >= 0.6 is 0 Å². The molecule has 4 rings (SSSR count). The standard InChI is InChI=1S/C19H23N3O3S/c23-19-10-9-18(15-5-6-15)21-22(19)12-11-20-26(24,25)17-8-7-14-3-1-2-4-16(14)13-17/h7-10,13,15,20H,1-6,11-12H2.